The van der Waals surface area contributed by atoms with Gasteiger partial charge in [0.1, 0.15) is 10.6 Å². The van der Waals surface area contributed by atoms with E-state index in [0.29, 0.717) is 35.7 Å². The van der Waals surface area contributed by atoms with Crippen LogP contribution in [0, 0.1) is 13.8 Å². The Hall–Kier alpha value is -4.31. The molecule has 4 rings (SSSR count). The van der Waals surface area contributed by atoms with E-state index < -0.39 is 23.3 Å². The van der Waals surface area contributed by atoms with Gasteiger partial charge >= 0.3 is 5.97 Å². The molecule has 9 nitrogen and oxygen atoms in total. The van der Waals surface area contributed by atoms with E-state index in [1.54, 1.807) is 49.4 Å². The third-order valence-electron chi connectivity index (χ3n) is 5.16. The number of esters is 1. The fourth-order valence-corrected chi connectivity index (χ4v) is 4.58. The predicted molar refractivity (Wildman–Crippen MR) is 138 cm³/mol. The van der Waals surface area contributed by atoms with Crippen LogP contribution in [0.4, 0.5) is 11.4 Å². The molecule has 0 atom stereocenters. The van der Waals surface area contributed by atoms with Crippen LogP contribution in [0.25, 0.3) is 4.96 Å². The first-order valence-electron chi connectivity index (χ1n) is 11.3. The van der Waals surface area contributed by atoms with Gasteiger partial charge in [0, 0.05) is 23.1 Å². The van der Waals surface area contributed by atoms with Gasteiger partial charge in [0.25, 0.3) is 17.4 Å². The standard InChI is InChI=1S/C26H24N4O5S/c1-4-12-35-25(34)17-8-10-18(11-9-17)28-24(33)22-21(23(32)29-19-7-5-6-15(2)13-19)30-20(31)14-16(3)27-26(30)36-22/h5-11,13-14H,4,12H2,1-3H3,(H,28,33)(H,29,32). The number of hydrogen-bond acceptors (Lipinski definition) is 7. The van der Waals surface area contributed by atoms with Crippen molar-refractivity contribution in [3.63, 3.8) is 0 Å². The van der Waals surface area contributed by atoms with Crippen molar-refractivity contribution in [2.45, 2.75) is 27.2 Å². The normalized spacial score (nSPS) is 10.8. The average Bonchev–Trinajstić information content (AvgIpc) is 3.23. The summed E-state index contributed by atoms with van der Waals surface area (Å²) in [5.74, 6) is -1.65. The molecule has 0 saturated heterocycles. The highest BCUT2D eigenvalue weighted by Crippen LogP contribution is 2.24. The van der Waals surface area contributed by atoms with Crippen molar-refractivity contribution in [3.05, 3.63) is 92.3 Å². The predicted octanol–water partition coefficient (Wildman–Crippen LogP) is 4.44. The Morgan fingerprint density at radius 2 is 1.69 bits per heavy atom. The Morgan fingerprint density at radius 3 is 2.39 bits per heavy atom. The van der Waals surface area contributed by atoms with Gasteiger partial charge in [-0.25, -0.2) is 14.2 Å². The highest BCUT2D eigenvalue weighted by atomic mass is 32.1. The topological polar surface area (TPSA) is 119 Å². The summed E-state index contributed by atoms with van der Waals surface area (Å²) in [7, 11) is 0. The van der Waals surface area contributed by atoms with E-state index in [9.17, 15) is 19.2 Å². The molecule has 2 N–H and O–H groups in total. The van der Waals surface area contributed by atoms with Crippen LogP contribution < -0.4 is 16.2 Å². The van der Waals surface area contributed by atoms with Crippen LogP contribution >= 0.6 is 11.3 Å². The van der Waals surface area contributed by atoms with Gasteiger partial charge in [-0.05, 0) is 62.2 Å². The third-order valence-corrected chi connectivity index (χ3v) is 6.20. The van der Waals surface area contributed by atoms with Gasteiger partial charge in [-0.3, -0.25) is 14.4 Å². The summed E-state index contributed by atoms with van der Waals surface area (Å²) in [5.41, 5.74) is 2.15. The first kappa shape index (κ1) is 24.8. The summed E-state index contributed by atoms with van der Waals surface area (Å²) in [6.45, 7) is 5.78. The molecule has 4 aromatic rings. The summed E-state index contributed by atoms with van der Waals surface area (Å²) in [6.07, 6.45) is 0.715. The number of rotatable bonds is 7. The Kier molecular flexibility index (Phi) is 7.25. The number of fused-ring (bicyclic) bond motifs is 1. The second kappa shape index (κ2) is 10.5. The quantitative estimate of drug-likeness (QED) is 0.359. The number of amides is 2. The minimum absolute atomic E-state index is 0.0294. The number of ether oxygens (including phenoxy) is 1. The summed E-state index contributed by atoms with van der Waals surface area (Å²) in [5, 5.41) is 5.49. The molecule has 0 unspecified atom stereocenters. The number of benzene rings is 2. The van der Waals surface area contributed by atoms with Gasteiger partial charge in [-0.1, -0.05) is 30.4 Å². The Morgan fingerprint density at radius 1 is 0.972 bits per heavy atom. The molecule has 2 aromatic carbocycles. The SMILES string of the molecule is CCCOC(=O)c1ccc(NC(=O)c2sc3nc(C)cc(=O)n3c2C(=O)Nc2cccc(C)c2)cc1. The van der Waals surface area contributed by atoms with Crippen molar-refractivity contribution >= 4 is 45.5 Å². The Bertz CT molecular complexity index is 1520. The highest BCUT2D eigenvalue weighted by Gasteiger charge is 2.26. The molecule has 0 aliphatic carbocycles. The molecule has 0 radical (unpaired) electrons. The van der Waals surface area contributed by atoms with Crippen molar-refractivity contribution in [1.29, 1.82) is 0 Å². The maximum absolute atomic E-state index is 13.3. The molecule has 0 aliphatic heterocycles. The van der Waals surface area contributed by atoms with Gasteiger partial charge < -0.3 is 15.4 Å². The number of nitrogens with zero attached hydrogens (tertiary/aromatic N) is 2. The van der Waals surface area contributed by atoms with E-state index in [0.717, 1.165) is 21.3 Å². The molecule has 0 spiro atoms. The molecule has 0 fully saturated rings. The number of thiazole rings is 1. The Labute approximate surface area is 210 Å². The summed E-state index contributed by atoms with van der Waals surface area (Å²) < 4.78 is 6.26. The molecule has 184 valence electrons. The lowest BCUT2D eigenvalue weighted by atomic mass is 10.2. The zero-order valence-electron chi connectivity index (χ0n) is 20.0. The first-order valence-corrected chi connectivity index (χ1v) is 12.1. The minimum Gasteiger partial charge on any atom is -0.462 e. The Balaban J connectivity index is 1.67. The number of anilines is 2. The molecule has 10 heteroatoms. The lowest BCUT2D eigenvalue weighted by molar-refractivity contribution is 0.0505. The number of carbonyl (C=O) groups excluding carboxylic acids is 3. The number of aryl methyl sites for hydroxylation is 2. The van der Waals surface area contributed by atoms with E-state index in [-0.39, 0.29) is 15.5 Å². The molecular formula is C26H24N4O5S. The number of aromatic nitrogens is 2. The number of nitrogens with one attached hydrogen (secondary N) is 2. The largest absolute Gasteiger partial charge is 0.462 e. The molecule has 2 aromatic heterocycles. The van der Waals surface area contributed by atoms with E-state index in [1.807, 2.05) is 19.9 Å². The van der Waals surface area contributed by atoms with Crippen molar-refractivity contribution in [2.24, 2.45) is 0 Å². The first-order chi connectivity index (χ1) is 17.3. The van der Waals surface area contributed by atoms with Crippen LogP contribution in [-0.2, 0) is 4.74 Å². The lowest BCUT2D eigenvalue weighted by Crippen LogP contribution is -2.25. The van der Waals surface area contributed by atoms with Gasteiger partial charge in [-0.15, -0.1) is 0 Å². The monoisotopic (exact) mass is 504 g/mol. The van der Waals surface area contributed by atoms with Crippen molar-refractivity contribution < 1.29 is 19.1 Å². The molecule has 0 bridgehead atoms. The van der Waals surface area contributed by atoms with Gasteiger partial charge in [-0.2, -0.15) is 0 Å². The maximum atomic E-state index is 13.3. The van der Waals surface area contributed by atoms with Crippen LogP contribution in [-0.4, -0.2) is 33.8 Å². The van der Waals surface area contributed by atoms with E-state index in [2.05, 4.69) is 15.6 Å². The van der Waals surface area contributed by atoms with Crippen LogP contribution in [0.1, 0.15) is 55.1 Å². The summed E-state index contributed by atoms with van der Waals surface area (Å²) in [4.78, 5) is 55.9. The fourth-order valence-electron chi connectivity index (χ4n) is 3.51. The van der Waals surface area contributed by atoms with Crippen LogP contribution in [0.3, 0.4) is 0 Å². The fraction of sp³-hybridized carbons (Fsp3) is 0.192. The second-order valence-corrected chi connectivity index (χ2v) is 9.10. The lowest BCUT2D eigenvalue weighted by Gasteiger charge is -2.09. The number of carbonyl (C=O) groups is 3. The molecular weight excluding hydrogens is 480 g/mol. The van der Waals surface area contributed by atoms with Crippen LogP contribution in [0.5, 0.6) is 0 Å². The number of hydrogen-bond donors (Lipinski definition) is 2. The molecule has 2 amide bonds. The molecule has 0 aliphatic rings. The maximum Gasteiger partial charge on any atom is 0.338 e. The molecule has 36 heavy (non-hydrogen) atoms. The second-order valence-electron chi connectivity index (χ2n) is 8.12. The van der Waals surface area contributed by atoms with Gasteiger partial charge in [0.05, 0.1) is 12.2 Å². The third kappa shape index (κ3) is 5.33. The summed E-state index contributed by atoms with van der Waals surface area (Å²) in [6, 6.07) is 14.7. The van der Waals surface area contributed by atoms with E-state index in [4.69, 9.17) is 4.74 Å². The average molecular weight is 505 g/mol. The smallest absolute Gasteiger partial charge is 0.338 e. The van der Waals surface area contributed by atoms with Crippen LogP contribution in [0.2, 0.25) is 0 Å². The zero-order chi connectivity index (χ0) is 25.8. The van der Waals surface area contributed by atoms with E-state index in [1.165, 1.54) is 6.07 Å². The zero-order valence-corrected chi connectivity index (χ0v) is 20.8. The van der Waals surface area contributed by atoms with Crippen molar-refractivity contribution in [1.82, 2.24) is 9.38 Å². The summed E-state index contributed by atoms with van der Waals surface area (Å²) >= 11 is 0.944. The molecule has 0 saturated carbocycles. The van der Waals surface area contributed by atoms with E-state index >= 15 is 0 Å². The van der Waals surface area contributed by atoms with Gasteiger partial charge in [0.15, 0.2) is 4.96 Å². The highest BCUT2D eigenvalue weighted by molar-refractivity contribution is 7.19. The van der Waals surface area contributed by atoms with Gasteiger partial charge in [0.2, 0.25) is 0 Å². The minimum atomic E-state index is -0.612. The van der Waals surface area contributed by atoms with Crippen molar-refractivity contribution in [2.75, 3.05) is 17.2 Å². The van der Waals surface area contributed by atoms with Crippen LogP contribution in [0.15, 0.2) is 59.4 Å². The van der Waals surface area contributed by atoms with Crippen molar-refractivity contribution in [3.8, 4) is 0 Å². The molecule has 2 heterocycles.